The maximum Gasteiger partial charge on any atom is 0.159 e. The van der Waals surface area contributed by atoms with Gasteiger partial charge in [0.2, 0.25) is 0 Å². The lowest BCUT2D eigenvalue weighted by molar-refractivity contribution is -0.117. The summed E-state index contributed by atoms with van der Waals surface area (Å²) >= 11 is 3.03. The number of halogens is 2. The molecule has 0 heterocycles. The molecule has 0 radical (unpaired) electrons. The van der Waals surface area contributed by atoms with E-state index in [0.717, 1.165) is 6.42 Å². The average molecular weight is 261 g/mol. The minimum Gasteiger partial charge on any atom is -0.321 e. The number of carbonyl (C=O) groups excluding carboxylic acids is 1. The van der Waals surface area contributed by atoms with E-state index >= 15 is 0 Å². The SMILES string of the molecule is Br.CC[C@@H](N)C(=O)CBr. The molecule has 0 unspecified atom stereocenters. The highest BCUT2D eigenvalue weighted by atomic mass is 79.9. The van der Waals surface area contributed by atoms with E-state index in [4.69, 9.17) is 5.73 Å². The van der Waals surface area contributed by atoms with Crippen molar-refractivity contribution in [3.8, 4) is 0 Å². The number of nitrogens with two attached hydrogens (primary N) is 1. The third-order valence-electron chi connectivity index (χ3n) is 0.985. The first kappa shape index (κ1) is 12.3. The summed E-state index contributed by atoms with van der Waals surface area (Å²) in [5.41, 5.74) is 5.35. The zero-order valence-corrected chi connectivity index (χ0v) is 8.56. The minimum absolute atomic E-state index is 0. The number of carbonyl (C=O) groups is 1. The second-order valence-electron chi connectivity index (χ2n) is 1.61. The molecule has 0 saturated heterocycles. The Morgan fingerprint density at radius 3 is 2.33 bits per heavy atom. The van der Waals surface area contributed by atoms with Gasteiger partial charge < -0.3 is 5.73 Å². The van der Waals surface area contributed by atoms with Crippen LogP contribution in [0.5, 0.6) is 0 Å². The zero-order valence-electron chi connectivity index (χ0n) is 5.26. The lowest BCUT2D eigenvalue weighted by Crippen LogP contribution is -2.30. The minimum atomic E-state index is -0.269. The van der Waals surface area contributed by atoms with Gasteiger partial charge in [-0.2, -0.15) is 0 Å². The monoisotopic (exact) mass is 259 g/mol. The summed E-state index contributed by atoms with van der Waals surface area (Å²) in [6.45, 7) is 1.89. The number of hydrogen-bond acceptors (Lipinski definition) is 2. The number of hydrogen-bond donors (Lipinski definition) is 1. The van der Waals surface area contributed by atoms with Gasteiger partial charge in [-0.25, -0.2) is 0 Å². The largest absolute Gasteiger partial charge is 0.321 e. The molecule has 2 N–H and O–H groups in total. The molecule has 0 amide bonds. The summed E-state index contributed by atoms with van der Waals surface area (Å²) in [4.78, 5) is 10.6. The number of rotatable bonds is 3. The van der Waals surface area contributed by atoms with E-state index in [1.54, 1.807) is 0 Å². The topological polar surface area (TPSA) is 43.1 Å². The summed E-state index contributed by atoms with van der Waals surface area (Å²) in [5.74, 6) is 0.0764. The van der Waals surface area contributed by atoms with Crippen molar-refractivity contribution < 1.29 is 4.79 Å². The van der Waals surface area contributed by atoms with E-state index in [-0.39, 0.29) is 28.8 Å². The Morgan fingerprint density at radius 2 is 2.22 bits per heavy atom. The van der Waals surface area contributed by atoms with E-state index in [2.05, 4.69) is 15.9 Å². The predicted molar refractivity (Wildman–Crippen MR) is 47.4 cm³/mol. The van der Waals surface area contributed by atoms with Gasteiger partial charge in [0.1, 0.15) is 0 Å². The number of alkyl halides is 1. The standard InChI is InChI=1S/C5H10BrNO.BrH/c1-2-4(7)5(8)3-6;/h4H,2-3,7H2,1H3;1H/t4-;/m1./s1. The molecule has 0 spiro atoms. The molecule has 0 fully saturated rings. The Balaban J connectivity index is 0. The first-order valence-electron chi connectivity index (χ1n) is 2.56. The quantitative estimate of drug-likeness (QED) is 0.777. The smallest absolute Gasteiger partial charge is 0.159 e. The molecule has 0 aliphatic heterocycles. The van der Waals surface area contributed by atoms with E-state index < -0.39 is 0 Å². The molecule has 2 nitrogen and oxygen atoms in total. The van der Waals surface area contributed by atoms with Crippen molar-refractivity contribution in [2.45, 2.75) is 19.4 Å². The van der Waals surface area contributed by atoms with Crippen molar-refractivity contribution in [2.75, 3.05) is 5.33 Å². The van der Waals surface area contributed by atoms with Crippen LogP contribution in [0.3, 0.4) is 0 Å². The van der Waals surface area contributed by atoms with Crippen molar-refractivity contribution in [3.05, 3.63) is 0 Å². The van der Waals surface area contributed by atoms with E-state index in [0.29, 0.717) is 5.33 Å². The fourth-order valence-corrected chi connectivity index (χ4v) is 0.743. The van der Waals surface area contributed by atoms with Gasteiger partial charge in [-0.05, 0) is 6.42 Å². The molecular formula is C5H11Br2NO. The molecule has 0 aliphatic carbocycles. The Morgan fingerprint density at radius 1 is 1.78 bits per heavy atom. The maximum atomic E-state index is 10.6. The van der Waals surface area contributed by atoms with Gasteiger partial charge in [-0.3, -0.25) is 4.79 Å². The van der Waals surface area contributed by atoms with Crippen molar-refractivity contribution in [2.24, 2.45) is 5.73 Å². The average Bonchev–Trinajstić information content (AvgIpc) is 1.84. The lowest BCUT2D eigenvalue weighted by Gasteiger charge is -2.01. The van der Waals surface area contributed by atoms with Gasteiger partial charge >= 0.3 is 0 Å². The normalized spacial score (nSPS) is 11.9. The Kier molecular flexibility index (Phi) is 9.15. The van der Waals surface area contributed by atoms with Crippen LogP contribution in [0.2, 0.25) is 0 Å². The summed E-state index contributed by atoms with van der Waals surface area (Å²) in [6, 6.07) is -0.269. The predicted octanol–water partition coefficient (Wildman–Crippen LogP) is 1.27. The van der Waals surface area contributed by atoms with Crippen molar-refractivity contribution in [1.82, 2.24) is 0 Å². The summed E-state index contributed by atoms with van der Waals surface area (Å²) in [7, 11) is 0. The highest BCUT2D eigenvalue weighted by Gasteiger charge is 2.07. The van der Waals surface area contributed by atoms with Crippen LogP contribution in [0.1, 0.15) is 13.3 Å². The van der Waals surface area contributed by atoms with Crippen LogP contribution in [0.15, 0.2) is 0 Å². The maximum absolute atomic E-state index is 10.6. The summed E-state index contributed by atoms with van der Waals surface area (Å²) in [5, 5.41) is 0.377. The van der Waals surface area contributed by atoms with Crippen molar-refractivity contribution in [1.29, 1.82) is 0 Å². The molecule has 0 saturated carbocycles. The third-order valence-corrected chi connectivity index (χ3v) is 1.54. The molecule has 0 aromatic heterocycles. The molecular weight excluding hydrogens is 250 g/mol. The van der Waals surface area contributed by atoms with Gasteiger partial charge in [0.25, 0.3) is 0 Å². The Bertz CT molecular complexity index is 87.0. The highest BCUT2D eigenvalue weighted by Crippen LogP contribution is 1.91. The zero-order chi connectivity index (χ0) is 6.57. The van der Waals surface area contributed by atoms with Crippen LogP contribution < -0.4 is 5.73 Å². The first-order chi connectivity index (χ1) is 3.72. The molecule has 0 bridgehead atoms. The molecule has 56 valence electrons. The van der Waals surface area contributed by atoms with Crippen molar-refractivity contribution in [3.63, 3.8) is 0 Å². The van der Waals surface area contributed by atoms with Crippen LogP contribution in [-0.4, -0.2) is 17.2 Å². The van der Waals surface area contributed by atoms with Gasteiger partial charge in [-0.1, -0.05) is 22.9 Å². The molecule has 1 atom stereocenters. The van der Waals surface area contributed by atoms with Gasteiger partial charge in [0.15, 0.2) is 5.78 Å². The fourth-order valence-electron chi connectivity index (χ4n) is 0.327. The number of ketones is 1. The third kappa shape index (κ3) is 5.06. The Labute approximate surface area is 74.1 Å². The van der Waals surface area contributed by atoms with Gasteiger partial charge in [0.05, 0.1) is 11.4 Å². The van der Waals surface area contributed by atoms with E-state index in [9.17, 15) is 4.79 Å². The van der Waals surface area contributed by atoms with Gasteiger partial charge in [0, 0.05) is 0 Å². The molecule has 0 aliphatic rings. The molecule has 0 rings (SSSR count). The Hall–Kier alpha value is 0.590. The molecule has 4 heteroatoms. The number of Topliss-reactive ketones (excluding diaryl/α,β-unsaturated/α-hetero) is 1. The summed E-state index contributed by atoms with van der Waals surface area (Å²) in [6.07, 6.45) is 0.727. The molecule has 0 aromatic rings. The summed E-state index contributed by atoms with van der Waals surface area (Å²) < 4.78 is 0. The first-order valence-corrected chi connectivity index (χ1v) is 3.68. The second-order valence-corrected chi connectivity index (χ2v) is 2.18. The van der Waals surface area contributed by atoms with Crippen LogP contribution in [0.4, 0.5) is 0 Å². The molecule has 9 heavy (non-hydrogen) atoms. The van der Waals surface area contributed by atoms with E-state index in [1.165, 1.54) is 0 Å². The van der Waals surface area contributed by atoms with Crippen molar-refractivity contribution >= 4 is 38.7 Å². The van der Waals surface area contributed by atoms with E-state index in [1.807, 2.05) is 6.92 Å². The van der Waals surface area contributed by atoms with Crippen LogP contribution >= 0.6 is 32.9 Å². The second kappa shape index (κ2) is 6.71. The van der Waals surface area contributed by atoms with Crippen LogP contribution in [-0.2, 0) is 4.79 Å². The lowest BCUT2D eigenvalue weighted by atomic mass is 10.2. The molecule has 0 aromatic carbocycles. The highest BCUT2D eigenvalue weighted by molar-refractivity contribution is 9.09. The van der Waals surface area contributed by atoms with Crippen LogP contribution in [0, 0.1) is 0 Å². The van der Waals surface area contributed by atoms with Crippen LogP contribution in [0.25, 0.3) is 0 Å². The van der Waals surface area contributed by atoms with Gasteiger partial charge in [-0.15, -0.1) is 17.0 Å². The fraction of sp³-hybridized carbons (Fsp3) is 0.800.